The lowest BCUT2D eigenvalue weighted by Gasteiger charge is -2.27. The number of aliphatic carboxylic acids is 2. The third-order valence-electron chi connectivity index (χ3n) is 4.30. The third-order valence-corrected chi connectivity index (χ3v) is 4.30. The molecule has 0 aromatic carbocycles. The van der Waals surface area contributed by atoms with Crippen LogP contribution in [0, 0.1) is 16.7 Å². The van der Waals surface area contributed by atoms with Crippen LogP contribution in [0.1, 0.15) is 73.6 Å². The fourth-order valence-electron chi connectivity index (χ4n) is 2.58. The van der Waals surface area contributed by atoms with E-state index in [0.29, 0.717) is 12.8 Å². The smallest absolute Gasteiger partial charge is 0.326 e. The van der Waals surface area contributed by atoms with Gasteiger partial charge in [0, 0.05) is 19.3 Å². The Morgan fingerprint density at radius 1 is 0.808 bits per heavy atom. The summed E-state index contributed by atoms with van der Waals surface area (Å²) in [7, 11) is 0. The van der Waals surface area contributed by atoms with Gasteiger partial charge in [-0.05, 0) is 23.7 Å². The Bertz CT molecular complexity index is 479. The first-order valence-electron chi connectivity index (χ1n) is 8.93. The summed E-state index contributed by atoms with van der Waals surface area (Å²) in [4.78, 5) is 46.4. The summed E-state index contributed by atoms with van der Waals surface area (Å²) in [5.41, 5.74) is -1.10. The molecule has 2 atom stereocenters. The predicted octanol–water partition coefficient (Wildman–Crippen LogP) is 2.87. The van der Waals surface area contributed by atoms with Crippen molar-refractivity contribution in [1.82, 2.24) is 5.32 Å². The number of hydrogen-bond donors (Lipinski definition) is 3. The average Bonchev–Trinajstić information content (AvgIpc) is 2.43. The van der Waals surface area contributed by atoms with Crippen molar-refractivity contribution in [3.05, 3.63) is 0 Å². The molecule has 0 aliphatic rings. The largest absolute Gasteiger partial charge is 0.481 e. The van der Waals surface area contributed by atoms with Gasteiger partial charge in [0.15, 0.2) is 0 Å². The molecule has 7 heteroatoms. The fourth-order valence-corrected chi connectivity index (χ4v) is 2.58. The van der Waals surface area contributed by atoms with Gasteiger partial charge in [-0.3, -0.25) is 14.4 Å². The minimum absolute atomic E-state index is 0.0177. The van der Waals surface area contributed by atoms with Crippen LogP contribution in [0.4, 0.5) is 0 Å². The Morgan fingerprint density at radius 2 is 1.31 bits per heavy atom. The molecule has 0 aromatic rings. The van der Waals surface area contributed by atoms with Crippen molar-refractivity contribution in [2.45, 2.75) is 79.7 Å². The lowest BCUT2D eigenvalue weighted by atomic mass is 9.77. The number of unbranched alkanes of at least 4 members (excludes halogenated alkanes) is 1. The second kappa shape index (κ2) is 9.69. The van der Waals surface area contributed by atoms with Crippen molar-refractivity contribution in [2.24, 2.45) is 16.7 Å². The van der Waals surface area contributed by atoms with Crippen LogP contribution in [0.5, 0.6) is 0 Å². The topological polar surface area (TPSA) is 121 Å². The lowest BCUT2D eigenvalue weighted by Crippen LogP contribution is -2.49. The second-order valence-corrected chi connectivity index (χ2v) is 8.91. The molecule has 0 spiro atoms. The van der Waals surface area contributed by atoms with E-state index in [1.165, 1.54) is 0 Å². The van der Waals surface area contributed by atoms with Gasteiger partial charge in [0.1, 0.15) is 11.8 Å². The molecule has 2 unspecified atom stereocenters. The van der Waals surface area contributed by atoms with E-state index < -0.39 is 34.7 Å². The predicted molar refractivity (Wildman–Crippen MR) is 97.7 cm³/mol. The van der Waals surface area contributed by atoms with Crippen molar-refractivity contribution in [3.8, 4) is 0 Å². The zero-order valence-electron chi connectivity index (χ0n) is 16.7. The molecular formula is C19H33NO6. The Hall–Kier alpha value is -1.92. The molecule has 3 N–H and O–H groups in total. The Balaban J connectivity index is 4.33. The van der Waals surface area contributed by atoms with Crippen molar-refractivity contribution < 1.29 is 29.4 Å². The lowest BCUT2D eigenvalue weighted by molar-refractivity contribution is -0.148. The first-order chi connectivity index (χ1) is 11.7. The number of carboxylic acids is 2. The number of amides is 1. The van der Waals surface area contributed by atoms with Crippen LogP contribution in [-0.4, -0.2) is 39.9 Å². The molecule has 0 heterocycles. The summed E-state index contributed by atoms with van der Waals surface area (Å²) in [6, 6.07) is -0.972. The van der Waals surface area contributed by atoms with Gasteiger partial charge in [0.05, 0.1) is 5.92 Å². The molecule has 0 aromatic heterocycles. The van der Waals surface area contributed by atoms with Crippen LogP contribution >= 0.6 is 0 Å². The van der Waals surface area contributed by atoms with Crippen LogP contribution in [0.25, 0.3) is 0 Å². The van der Waals surface area contributed by atoms with Gasteiger partial charge in [-0.25, -0.2) is 4.79 Å². The van der Waals surface area contributed by atoms with Crippen LogP contribution in [0.15, 0.2) is 0 Å². The molecular weight excluding hydrogens is 338 g/mol. The van der Waals surface area contributed by atoms with E-state index in [0.717, 1.165) is 0 Å². The Morgan fingerprint density at radius 3 is 1.69 bits per heavy atom. The van der Waals surface area contributed by atoms with Gasteiger partial charge in [-0.1, -0.05) is 41.5 Å². The van der Waals surface area contributed by atoms with Gasteiger partial charge < -0.3 is 15.5 Å². The second-order valence-electron chi connectivity index (χ2n) is 8.91. The maximum atomic E-state index is 12.0. The van der Waals surface area contributed by atoms with Crippen molar-refractivity contribution in [3.63, 3.8) is 0 Å². The fraction of sp³-hybridized carbons (Fsp3) is 0.789. The standard InChI is InChI=1S/C19H33NO6/c1-18(2,3)13(16(23)24)11-12(21)9-7-8-10-14(22)20-15(17(25)26)19(4,5)6/h13,15H,7-11H2,1-6H3,(H,20,22)(H,23,24)(H,25,26). The number of carboxylic acid groups (broad SMARTS) is 2. The Labute approximate surface area is 155 Å². The minimum Gasteiger partial charge on any atom is -0.481 e. The van der Waals surface area contributed by atoms with Crippen molar-refractivity contribution >= 4 is 23.6 Å². The average molecular weight is 371 g/mol. The highest BCUT2D eigenvalue weighted by Gasteiger charge is 2.33. The highest BCUT2D eigenvalue weighted by atomic mass is 16.4. The molecule has 0 aliphatic carbocycles. The molecule has 0 fully saturated rings. The van der Waals surface area contributed by atoms with E-state index in [-0.39, 0.29) is 31.0 Å². The monoisotopic (exact) mass is 371 g/mol. The molecule has 0 bridgehead atoms. The molecule has 26 heavy (non-hydrogen) atoms. The minimum atomic E-state index is -1.08. The molecule has 0 saturated carbocycles. The maximum absolute atomic E-state index is 12.0. The third kappa shape index (κ3) is 8.97. The molecule has 0 radical (unpaired) electrons. The normalized spacial score (nSPS) is 14.4. The molecule has 1 amide bonds. The molecule has 150 valence electrons. The summed E-state index contributed by atoms with van der Waals surface area (Å²) in [6.07, 6.45) is 1.25. The molecule has 7 nitrogen and oxygen atoms in total. The summed E-state index contributed by atoms with van der Waals surface area (Å²) >= 11 is 0. The van der Waals surface area contributed by atoms with E-state index in [4.69, 9.17) is 0 Å². The summed E-state index contributed by atoms with van der Waals surface area (Å²) < 4.78 is 0. The first kappa shape index (κ1) is 24.1. The first-order valence-corrected chi connectivity index (χ1v) is 8.93. The van der Waals surface area contributed by atoms with Gasteiger partial charge in [-0.15, -0.1) is 0 Å². The highest BCUT2D eigenvalue weighted by Crippen LogP contribution is 2.29. The number of rotatable bonds is 10. The van der Waals surface area contributed by atoms with Crippen LogP contribution < -0.4 is 5.32 Å². The molecule has 0 rings (SSSR count). The maximum Gasteiger partial charge on any atom is 0.326 e. The van der Waals surface area contributed by atoms with Gasteiger partial charge in [0.25, 0.3) is 0 Å². The van der Waals surface area contributed by atoms with E-state index >= 15 is 0 Å². The van der Waals surface area contributed by atoms with Gasteiger partial charge >= 0.3 is 11.9 Å². The van der Waals surface area contributed by atoms with Crippen LogP contribution in [-0.2, 0) is 19.2 Å². The molecule has 0 aliphatic heterocycles. The Kier molecular flexibility index (Phi) is 8.97. The molecule has 0 saturated heterocycles. The SMILES string of the molecule is CC(C)(C)C(CC(=O)CCCCC(=O)NC(C(=O)O)C(C)(C)C)C(=O)O. The highest BCUT2D eigenvalue weighted by molar-refractivity contribution is 5.85. The van der Waals surface area contributed by atoms with E-state index in [2.05, 4.69) is 5.32 Å². The zero-order valence-corrected chi connectivity index (χ0v) is 16.7. The zero-order chi connectivity index (χ0) is 20.7. The van der Waals surface area contributed by atoms with Crippen molar-refractivity contribution in [2.75, 3.05) is 0 Å². The van der Waals surface area contributed by atoms with E-state index in [1.54, 1.807) is 41.5 Å². The number of Topliss-reactive ketones (excluding diaryl/α,β-unsaturated/α-hetero) is 1. The van der Waals surface area contributed by atoms with Crippen LogP contribution in [0.3, 0.4) is 0 Å². The van der Waals surface area contributed by atoms with E-state index in [9.17, 15) is 29.4 Å². The van der Waals surface area contributed by atoms with Gasteiger partial charge in [-0.2, -0.15) is 0 Å². The van der Waals surface area contributed by atoms with E-state index in [1.807, 2.05) is 0 Å². The quantitative estimate of drug-likeness (QED) is 0.508. The summed E-state index contributed by atoms with van der Waals surface area (Å²) in [5, 5.41) is 20.9. The number of ketones is 1. The number of carbonyl (C=O) groups is 4. The van der Waals surface area contributed by atoms with Crippen molar-refractivity contribution in [1.29, 1.82) is 0 Å². The van der Waals surface area contributed by atoms with Gasteiger partial charge in [0.2, 0.25) is 5.91 Å². The number of carbonyl (C=O) groups excluding carboxylic acids is 2. The summed E-state index contributed by atoms with van der Waals surface area (Å²) in [6.45, 7) is 10.6. The number of hydrogen-bond acceptors (Lipinski definition) is 4. The van der Waals surface area contributed by atoms with Crippen LogP contribution in [0.2, 0.25) is 0 Å². The summed E-state index contributed by atoms with van der Waals surface area (Å²) in [5.74, 6) is -3.29. The number of nitrogens with one attached hydrogen (secondary N) is 1.